The molecule has 0 spiro atoms. The van der Waals surface area contributed by atoms with E-state index in [1.165, 1.54) is 11.3 Å². The predicted molar refractivity (Wildman–Crippen MR) is 63.7 cm³/mol. The highest BCUT2D eigenvalue weighted by atomic mass is 32.1. The number of hydrogen-bond acceptors (Lipinski definition) is 3. The zero-order chi connectivity index (χ0) is 10.2. The van der Waals surface area contributed by atoms with E-state index < -0.39 is 0 Å². The summed E-state index contributed by atoms with van der Waals surface area (Å²) < 4.78 is 0. The molecule has 1 atom stereocenters. The number of hydrogen-bond donors (Lipinski definition) is 2. The van der Waals surface area contributed by atoms with Gasteiger partial charge in [-0.15, -0.1) is 11.3 Å². The summed E-state index contributed by atoms with van der Waals surface area (Å²) in [6, 6.07) is 4.29. The van der Waals surface area contributed by atoms with Crippen LogP contribution in [0.2, 0.25) is 0 Å². The van der Waals surface area contributed by atoms with Gasteiger partial charge >= 0.3 is 0 Å². The van der Waals surface area contributed by atoms with E-state index in [4.69, 9.17) is 5.73 Å². The molecule has 0 radical (unpaired) electrons. The van der Waals surface area contributed by atoms with Crippen LogP contribution in [0.5, 0.6) is 0 Å². The second-order valence-corrected chi connectivity index (χ2v) is 4.58. The van der Waals surface area contributed by atoms with Crippen LogP contribution in [0, 0.1) is 5.92 Å². The van der Waals surface area contributed by atoms with Crippen molar-refractivity contribution in [2.75, 3.05) is 19.6 Å². The van der Waals surface area contributed by atoms with Gasteiger partial charge in [-0.3, -0.25) is 0 Å². The van der Waals surface area contributed by atoms with Crippen molar-refractivity contribution in [3.8, 4) is 0 Å². The van der Waals surface area contributed by atoms with E-state index in [9.17, 15) is 0 Å². The molecule has 0 amide bonds. The summed E-state index contributed by atoms with van der Waals surface area (Å²) in [5, 5.41) is 5.58. The summed E-state index contributed by atoms with van der Waals surface area (Å²) in [5.74, 6) is 0.637. The Bertz CT molecular complexity index is 217. The monoisotopic (exact) mass is 212 g/mol. The lowest BCUT2D eigenvalue weighted by Crippen LogP contribution is -2.29. The van der Waals surface area contributed by atoms with E-state index in [1.54, 1.807) is 0 Å². The molecule has 1 rings (SSSR count). The third kappa shape index (κ3) is 4.22. The van der Waals surface area contributed by atoms with E-state index in [-0.39, 0.29) is 0 Å². The van der Waals surface area contributed by atoms with Gasteiger partial charge in [0.05, 0.1) is 0 Å². The molecule has 14 heavy (non-hydrogen) atoms. The molecule has 0 aliphatic rings. The summed E-state index contributed by atoms with van der Waals surface area (Å²) in [5.41, 5.74) is 5.62. The van der Waals surface area contributed by atoms with Crippen LogP contribution in [0.4, 0.5) is 0 Å². The van der Waals surface area contributed by atoms with Crippen LogP contribution < -0.4 is 11.1 Å². The minimum Gasteiger partial charge on any atom is -0.330 e. The Morgan fingerprint density at radius 1 is 1.57 bits per heavy atom. The third-order valence-corrected chi connectivity index (χ3v) is 3.41. The van der Waals surface area contributed by atoms with E-state index in [0.29, 0.717) is 5.92 Å². The average molecular weight is 212 g/mol. The number of nitrogens with one attached hydrogen (secondary N) is 1. The van der Waals surface area contributed by atoms with Gasteiger partial charge in [0.1, 0.15) is 0 Å². The predicted octanol–water partition coefficient (Wildman–Crippen LogP) is 1.87. The molecule has 0 saturated carbocycles. The molecule has 0 aliphatic heterocycles. The van der Waals surface area contributed by atoms with Crippen LogP contribution in [0.1, 0.15) is 18.2 Å². The van der Waals surface area contributed by atoms with Gasteiger partial charge in [-0.25, -0.2) is 0 Å². The molecule has 3 N–H and O–H groups in total. The van der Waals surface area contributed by atoms with E-state index in [1.807, 2.05) is 11.3 Å². The standard InChI is InChI=1S/C11H20N2S/c1-2-10(8-12)9-13-6-5-11-4-3-7-14-11/h3-4,7,10,13H,2,5-6,8-9,12H2,1H3. The molecule has 0 fully saturated rings. The topological polar surface area (TPSA) is 38.0 Å². The smallest absolute Gasteiger partial charge is 0.00578 e. The lowest BCUT2D eigenvalue weighted by atomic mass is 10.1. The Balaban J connectivity index is 2.04. The van der Waals surface area contributed by atoms with Crippen molar-refractivity contribution < 1.29 is 0 Å². The molecular formula is C11H20N2S. The fourth-order valence-corrected chi connectivity index (χ4v) is 2.08. The van der Waals surface area contributed by atoms with Crippen LogP contribution in [-0.2, 0) is 6.42 Å². The van der Waals surface area contributed by atoms with Gasteiger partial charge in [-0.05, 0) is 43.4 Å². The maximum atomic E-state index is 5.62. The molecule has 1 unspecified atom stereocenters. The Kier molecular flexibility index (Phi) is 5.83. The molecule has 0 bridgehead atoms. The van der Waals surface area contributed by atoms with Gasteiger partial charge in [-0.2, -0.15) is 0 Å². The molecular weight excluding hydrogens is 192 g/mol. The second-order valence-electron chi connectivity index (χ2n) is 3.54. The lowest BCUT2D eigenvalue weighted by Gasteiger charge is -2.12. The molecule has 0 aromatic carbocycles. The SMILES string of the molecule is CCC(CN)CNCCc1cccs1. The molecule has 2 nitrogen and oxygen atoms in total. The summed E-state index contributed by atoms with van der Waals surface area (Å²) in [4.78, 5) is 1.46. The maximum Gasteiger partial charge on any atom is 0.00578 e. The van der Waals surface area contributed by atoms with Crippen LogP contribution >= 0.6 is 11.3 Å². The molecule has 80 valence electrons. The zero-order valence-corrected chi connectivity index (χ0v) is 9.65. The summed E-state index contributed by atoms with van der Waals surface area (Å²) in [6.45, 7) is 5.11. The minimum absolute atomic E-state index is 0.637. The van der Waals surface area contributed by atoms with Gasteiger partial charge in [0.2, 0.25) is 0 Å². The first kappa shape index (κ1) is 11.7. The van der Waals surface area contributed by atoms with Crippen molar-refractivity contribution >= 4 is 11.3 Å². The lowest BCUT2D eigenvalue weighted by molar-refractivity contribution is 0.474. The molecule has 1 heterocycles. The maximum absolute atomic E-state index is 5.62. The average Bonchev–Trinajstić information content (AvgIpc) is 2.71. The van der Waals surface area contributed by atoms with Crippen molar-refractivity contribution in [1.29, 1.82) is 0 Å². The van der Waals surface area contributed by atoms with Gasteiger partial charge in [0.25, 0.3) is 0 Å². The van der Waals surface area contributed by atoms with Crippen molar-refractivity contribution in [3.63, 3.8) is 0 Å². The first-order valence-electron chi connectivity index (χ1n) is 5.30. The number of nitrogens with two attached hydrogens (primary N) is 1. The van der Waals surface area contributed by atoms with Crippen molar-refractivity contribution in [2.24, 2.45) is 11.7 Å². The van der Waals surface area contributed by atoms with Crippen molar-refractivity contribution in [1.82, 2.24) is 5.32 Å². The van der Waals surface area contributed by atoms with Crippen LogP contribution in [0.3, 0.4) is 0 Å². The first-order chi connectivity index (χ1) is 6.86. The Hall–Kier alpha value is -0.380. The molecule has 0 aliphatic carbocycles. The second kappa shape index (κ2) is 6.98. The van der Waals surface area contributed by atoms with E-state index in [0.717, 1.165) is 26.1 Å². The highest BCUT2D eigenvalue weighted by Crippen LogP contribution is 2.08. The number of thiophene rings is 1. The van der Waals surface area contributed by atoms with Crippen molar-refractivity contribution in [2.45, 2.75) is 19.8 Å². The summed E-state index contributed by atoms with van der Waals surface area (Å²) in [7, 11) is 0. The molecule has 0 saturated heterocycles. The molecule has 1 aromatic heterocycles. The van der Waals surface area contributed by atoms with E-state index in [2.05, 4.69) is 29.8 Å². The summed E-state index contributed by atoms with van der Waals surface area (Å²) >= 11 is 1.83. The fourth-order valence-electron chi connectivity index (χ4n) is 1.37. The number of rotatable bonds is 7. The quantitative estimate of drug-likeness (QED) is 0.677. The molecule has 1 aromatic rings. The Labute approximate surface area is 90.5 Å². The fraction of sp³-hybridized carbons (Fsp3) is 0.636. The Morgan fingerprint density at radius 2 is 2.43 bits per heavy atom. The van der Waals surface area contributed by atoms with Gasteiger partial charge < -0.3 is 11.1 Å². The zero-order valence-electron chi connectivity index (χ0n) is 8.83. The largest absolute Gasteiger partial charge is 0.330 e. The Morgan fingerprint density at radius 3 is 3.00 bits per heavy atom. The summed E-state index contributed by atoms with van der Waals surface area (Å²) in [6.07, 6.45) is 2.31. The normalized spacial score (nSPS) is 13.0. The van der Waals surface area contributed by atoms with Crippen LogP contribution in [0.15, 0.2) is 17.5 Å². The van der Waals surface area contributed by atoms with Gasteiger partial charge in [-0.1, -0.05) is 19.4 Å². The molecule has 3 heteroatoms. The van der Waals surface area contributed by atoms with Crippen LogP contribution in [-0.4, -0.2) is 19.6 Å². The third-order valence-electron chi connectivity index (χ3n) is 2.47. The van der Waals surface area contributed by atoms with Gasteiger partial charge in [0.15, 0.2) is 0 Å². The van der Waals surface area contributed by atoms with Gasteiger partial charge in [0, 0.05) is 4.88 Å². The van der Waals surface area contributed by atoms with Crippen molar-refractivity contribution in [3.05, 3.63) is 22.4 Å². The van der Waals surface area contributed by atoms with Crippen LogP contribution in [0.25, 0.3) is 0 Å². The van der Waals surface area contributed by atoms with E-state index >= 15 is 0 Å². The minimum atomic E-state index is 0.637. The highest BCUT2D eigenvalue weighted by molar-refractivity contribution is 7.09. The highest BCUT2D eigenvalue weighted by Gasteiger charge is 2.02. The first-order valence-corrected chi connectivity index (χ1v) is 6.18.